The van der Waals surface area contributed by atoms with E-state index in [9.17, 15) is 25.5 Å². The SMILES string of the molecule is C[C@H]1OC(O[C@H]2[C@@H](O)CC(O[C@H]3[C@@H](O)CC(O[C@H]4CC[C@@]5(C)[C@H](CC[C@@H]6[C@@H]5C[C@@H](O)[C@]5(C)[C@@H](CO)CC[C@]65O)C4)O[C@@H]3C)O[C@@H]2C)C[C@@H]2OC(C)(C)O[C@@H]21. The molecule has 4 heterocycles. The Bertz CT molecular complexity index is 1310. The summed E-state index contributed by atoms with van der Waals surface area (Å²) in [6.45, 7) is 13.8. The second-order valence-corrected chi connectivity index (χ2v) is 19.4. The van der Waals surface area contributed by atoms with Gasteiger partial charge in [0.1, 0.15) is 18.3 Å². The Morgan fingerprint density at radius 3 is 1.89 bits per heavy atom. The zero-order valence-electron chi connectivity index (χ0n) is 33.4. The van der Waals surface area contributed by atoms with Crippen molar-refractivity contribution in [1.29, 1.82) is 0 Å². The molecule has 4 saturated heterocycles. The number of fused-ring (bicyclic) bond motifs is 6. The fourth-order valence-electron chi connectivity index (χ4n) is 13.0. The number of aliphatic hydroxyl groups is 5. The van der Waals surface area contributed by atoms with E-state index in [4.69, 9.17) is 37.9 Å². The lowest BCUT2D eigenvalue weighted by Crippen LogP contribution is -2.67. The second-order valence-electron chi connectivity index (χ2n) is 19.4. The maximum atomic E-state index is 12.2. The summed E-state index contributed by atoms with van der Waals surface area (Å²) in [7, 11) is 0. The first-order valence-electron chi connectivity index (χ1n) is 21.1. The molecule has 13 nitrogen and oxygen atoms in total. The maximum Gasteiger partial charge on any atom is 0.163 e. The first kappa shape index (κ1) is 40.3. The lowest BCUT2D eigenvalue weighted by Gasteiger charge is -2.65. The van der Waals surface area contributed by atoms with E-state index in [1.165, 1.54) is 0 Å². The topological polar surface area (TPSA) is 175 Å². The molecule has 8 rings (SSSR count). The van der Waals surface area contributed by atoms with Crippen LogP contribution in [0, 0.1) is 34.5 Å². The van der Waals surface area contributed by atoms with Crippen LogP contribution < -0.4 is 0 Å². The average molecular weight is 769 g/mol. The van der Waals surface area contributed by atoms with E-state index in [1.807, 2.05) is 41.5 Å². The molecule has 3 unspecified atom stereocenters. The lowest BCUT2D eigenvalue weighted by molar-refractivity contribution is -0.334. The van der Waals surface area contributed by atoms with Crippen molar-refractivity contribution in [2.24, 2.45) is 34.5 Å². The summed E-state index contributed by atoms with van der Waals surface area (Å²) < 4.78 is 49.8. The van der Waals surface area contributed by atoms with Gasteiger partial charge in [0, 0.05) is 31.3 Å². The highest BCUT2D eigenvalue weighted by Gasteiger charge is 2.70. The first-order chi connectivity index (χ1) is 25.5. The van der Waals surface area contributed by atoms with E-state index in [1.54, 1.807) is 0 Å². The number of ether oxygens (including phenoxy) is 8. The van der Waals surface area contributed by atoms with E-state index in [0.717, 1.165) is 38.5 Å². The number of aliphatic hydroxyl groups excluding tert-OH is 4. The minimum atomic E-state index is -0.953. The largest absolute Gasteiger partial charge is 0.396 e. The summed E-state index contributed by atoms with van der Waals surface area (Å²) in [6, 6.07) is 0. The normalized spacial score (nSPS) is 57.1. The molecule has 0 aromatic carbocycles. The van der Waals surface area contributed by atoms with Crippen molar-refractivity contribution < 1.29 is 63.4 Å². The van der Waals surface area contributed by atoms with E-state index in [-0.39, 0.29) is 67.0 Å². The molecule has 4 saturated carbocycles. The molecule has 0 aromatic rings. The minimum Gasteiger partial charge on any atom is -0.396 e. The van der Waals surface area contributed by atoms with Gasteiger partial charge in [-0.2, -0.15) is 0 Å². The van der Waals surface area contributed by atoms with Crippen LogP contribution in [0.25, 0.3) is 0 Å². The van der Waals surface area contributed by atoms with Gasteiger partial charge in [-0.15, -0.1) is 0 Å². The third-order valence-electron chi connectivity index (χ3n) is 16.0. The Morgan fingerprint density at radius 2 is 1.26 bits per heavy atom. The summed E-state index contributed by atoms with van der Waals surface area (Å²) >= 11 is 0. The summed E-state index contributed by atoms with van der Waals surface area (Å²) in [5, 5.41) is 56.4. The molecule has 8 fully saturated rings. The monoisotopic (exact) mass is 768 g/mol. The number of hydrogen-bond donors (Lipinski definition) is 5. The third kappa shape index (κ3) is 6.74. The van der Waals surface area contributed by atoms with Gasteiger partial charge < -0.3 is 63.4 Å². The van der Waals surface area contributed by atoms with Gasteiger partial charge in [0.05, 0.1) is 54.4 Å². The molecule has 310 valence electrons. The Morgan fingerprint density at radius 1 is 0.648 bits per heavy atom. The van der Waals surface area contributed by atoms with Crippen LogP contribution in [-0.2, 0) is 37.9 Å². The van der Waals surface area contributed by atoms with Gasteiger partial charge in [-0.25, -0.2) is 0 Å². The molecule has 0 spiro atoms. The van der Waals surface area contributed by atoms with Crippen LogP contribution in [0.15, 0.2) is 0 Å². The van der Waals surface area contributed by atoms with Gasteiger partial charge in [0.2, 0.25) is 0 Å². The Labute approximate surface area is 320 Å². The maximum absolute atomic E-state index is 12.2. The van der Waals surface area contributed by atoms with Gasteiger partial charge in [0.25, 0.3) is 0 Å². The van der Waals surface area contributed by atoms with Crippen LogP contribution in [0.3, 0.4) is 0 Å². The van der Waals surface area contributed by atoms with Crippen LogP contribution in [0.2, 0.25) is 0 Å². The highest BCUT2D eigenvalue weighted by Crippen LogP contribution is 2.69. The number of rotatable bonds is 7. The van der Waals surface area contributed by atoms with Crippen LogP contribution in [0.5, 0.6) is 0 Å². The van der Waals surface area contributed by atoms with Gasteiger partial charge in [-0.3, -0.25) is 0 Å². The van der Waals surface area contributed by atoms with E-state index < -0.39 is 78.4 Å². The smallest absolute Gasteiger partial charge is 0.163 e. The molecule has 0 radical (unpaired) electrons. The van der Waals surface area contributed by atoms with Crippen molar-refractivity contribution in [3.63, 3.8) is 0 Å². The molecular weight excluding hydrogens is 700 g/mol. The van der Waals surface area contributed by atoms with Crippen molar-refractivity contribution in [3.05, 3.63) is 0 Å². The zero-order chi connectivity index (χ0) is 38.5. The van der Waals surface area contributed by atoms with E-state index >= 15 is 0 Å². The van der Waals surface area contributed by atoms with Crippen LogP contribution in [0.4, 0.5) is 0 Å². The minimum absolute atomic E-state index is 0.00545. The first-order valence-corrected chi connectivity index (χ1v) is 21.1. The zero-order valence-corrected chi connectivity index (χ0v) is 33.4. The highest BCUT2D eigenvalue weighted by atomic mass is 16.8. The van der Waals surface area contributed by atoms with Crippen molar-refractivity contribution in [2.45, 2.75) is 216 Å². The molecular formula is C41H68O13. The molecule has 21 atom stereocenters. The second kappa shape index (κ2) is 14.6. The standard InChI is InChI=1S/C41H68O13/c1-20-35(51-33-17-29(44)36(21(2)48-33)52-34-18-30-37(22(3)49-34)54-38(4,5)53-30)28(43)16-32(47-20)50-25-11-12-39(6)23(14-25)8-9-26-27(39)15-31(45)40(7)24(19-42)10-13-41(26,40)46/h20-37,42-46H,8-19H2,1-7H3/t20-,21-,22-,23-,24-,25+,26-,27+,28+,29+,30+,31-,32?,33?,34?,35-,36-,37-,39+,40+,41+/m1/s1. The predicted octanol–water partition coefficient (Wildman–Crippen LogP) is 3.53. The molecule has 0 amide bonds. The molecule has 13 heteroatoms. The molecule has 0 aromatic heterocycles. The quantitative estimate of drug-likeness (QED) is 0.238. The summed E-state index contributed by atoms with van der Waals surface area (Å²) in [5.41, 5.74) is -1.63. The van der Waals surface area contributed by atoms with Crippen molar-refractivity contribution in [3.8, 4) is 0 Å². The number of hydrogen-bond acceptors (Lipinski definition) is 13. The molecule has 4 aliphatic heterocycles. The van der Waals surface area contributed by atoms with Gasteiger partial charge in [-0.1, -0.05) is 13.8 Å². The fourth-order valence-corrected chi connectivity index (χ4v) is 13.0. The predicted molar refractivity (Wildman–Crippen MR) is 192 cm³/mol. The van der Waals surface area contributed by atoms with E-state index in [2.05, 4.69) is 6.92 Å². The average Bonchev–Trinajstić information content (AvgIpc) is 3.57. The molecule has 4 aliphatic carbocycles. The lowest BCUT2D eigenvalue weighted by atomic mass is 9.42. The van der Waals surface area contributed by atoms with Crippen LogP contribution in [0.1, 0.15) is 119 Å². The molecule has 5 N–H and O–H groups in total. The molecule has 54 heavy (non-hydrogen) atoms. The van der Waals surface area contributed by atoms with Crippen LogP contribution in [-0.4, -0.2) is 130 Å². The van der Waals surface area contributed by atoms with Gasteiger partial charge in [-0.05, 0) is 115 Å². The van der Waals surface area contributed by atoms with Gasteiger partial charge in [0.15, 0.2) is 24.7 Å². The van der Waals surface area contributed by atoms with Crippen molar-refractivity contribution in [1.82, 2.24) is 0 Å². The third-order valence-corrected chi connectivity index (χ3v) is 16.0. The highest BCUT2D eigenvalue weighted by molar-refractivity contribution is 5.19. The molecule has 0 bridgehead atoms. The summed E-state index contributed by atoms with van der Waals surface area (Å²) in [5.74, 6) is -0.00477. The summed E-state index contributed by atoms with van der Waals surface area (Å²) in [6.07, 6.45) is 0.547. The Hall–Kier alpha value is -0.520. The van der Waals surface area contributed by atoms with Crippen molar-refractivity contribution in [2.75, 3.05) is 6.61 Å². The van der Waals surface area contributed by atoms with Crippen molar-refractivity contribution >= 4 is 0 Å². The van der Waals surface area contributed by atoms with E-state index in [0.29, 0.717) is 25.2 Å². The summed E-state index contributed by atoms with van der Waals surface area (Å²) in [4.78, 5) is 0. The van der Waals surface area contributed by atoms with Gasteiger partial charge >= 0.3 is 0 Å². The Balaban J connectivity index is 0.820. The Kier molecular flexibility index (Phi) is 10.9. The molecule has 8 aliphatic rings. The fraction of sp³-hybridized carbons (Fsp3) is 1.00. The van der Waals surface area contributed by atoms with Crippen LogP contribution >= 0.6 is 0 Å².